The van der Waals surface area contributed by atoms with E-state index in [0.29, 0.717) is 18.0 Å². The summed E-state index contributed by atoms with van der Waals surface area (Å²) in [4.78, 5) is 23.3. The lowest BCUT2D eigenvalue weighted by atomic mass is 10.0. The molecular formula is C16H22N2O3. The number of nitrogens with one attached hydrogen (secondary N) is 2. The van der Waals surface area contributed by atoms with Gasteiger partial charge in [-0.1, -0.05) is 43.2 Å². The molecule has 0 aromatic rings. The van der Waals surface area contributed by atoms with Gasteiger partial charge >= 0.3 is 5.97 Å². The molecule has 5 nitrogen and oxygen atoms in total. The van der Waals surface area contributed by atoms with Crippen LogP contribution < -0.4 is 10.6 Å². The molecule has 1 amide bonds. The second-order valence-electron chi connectivity index (χ2n) is 5.46. The Hall–Kier alpha value is -1.88. The zero-order chi connectivity index (χ0) is 15.1. The topological polar surface area (TPSA) is 78.4 Å². The second kappa shape index (κ2) is 7.78. The van der Waals surface area contributed by atoms with Gasteiger partial charge in [-0.05, 0) is 24.8 Å². The summed E-state index contributed by atoms with van der Waals surface area (Å²) < 4.78 is 0. The summed E-state index contributed by atoms with van der Waals surface area (Å²) in [5.41, 5.74) is 0.682. The molecule has 0 spiro atoms. The number of carbonyl (C=O) groups excluding carboxylic acids is 1. The lowest BCUT2D eigenvalue weighted by molar-refractivity contribution is -0.140. The number of rotatable bonds is 6. The largest absolute Gasteiger partial charge is 0.479 e. The number of allylic oxidation sites excluding steroid dienone is 5. The van der Waals surface area contributed by atoms with Crippen molar-refractivity contribution in [2.24, 2.45) is 0 Å². The van der Waals surface area contributed by atoms with Gasteiger partial charge in [0.15, 0.2) is 0 Å². The minimum Gasteiger partial charge on any atom is -0.479 e. The number of hydrogen-bond donors (Lipinski definition) is 3. The molecule has 2 rings (SSSR count). The lowest BCUT2D eigenvalue weighted by Gasteiger charge is -2.18. The maximum atomic E-state index is 11.9. The molecule has 0 aliphatic heterocycles. The van der Waals surface area contributed by atoms with E-state index in [1.165, 1.54) is 12.8 Å². The first-order chi connectivity index (χ1) is 10.2. The Morgan fingerprint density at radius 3 is 2.71 bits per heavy atom. The van der Waals surface area contributed by atoms with Crippen LogP contribution in [-0.2, 0) is 9.59 Å². The Balaban J connectivity index is 1.88. The van der Waals surface area contributed by atoms with Gasteiger partial charge in [0, 0.05) is 6.04 Å². The average Bonchev–Trinajstić information content (AvgIpc) is 2.84. The molecule has 1 unspecified atom stereocenters. The first-order valence-corrected chi connectivity index (χ1v) is 7.44. The zero-order valence-corrected chi connectivity index (χ0v) is 12.0. The van der Waals surface area contributed by atoms with Gasteiger partial charge in [0.05, 0.1) is 6.54 Å². The second-order valence-corrected chi connectivity index (χ2v) is 5.46. The van der Waals surface area contributed by atoms with Crippen LogP contribution in [0.3, 0.4) is 0 Å². The summed E-state index contributed by atoms with van der Waals surface area (Å²) in [7, 11) is 0. The average molecular weight is 290 g/mol. The van der Waals surface area contributed by atoms with Crippen LogP contribution in [0, 0.1) is 0 Å². The van der Waals surface area contributed by atoms with Crippen molar-refractivity contribution in [3.05, 3.63) is 36.0 Å². The monoisotopic (exact) mass is 290 g/mol. The minimum absolute atomic E-state index is 0.174. The fraction of sp³-hybridized carbons (Fsp3) is 0.500. The Morgan fingerprint density at radius 1 is 1.24 bits per heavy atom. The molecule has 0 radical (unpaired) electrons. The van der Waals surface area contributed by atoms with Crippen LogP contribution in [0.4, 0.5) is 0 Å². The quantitative estimate of drug-likeness (QED) is 0.693. The summed E-state index contributed by atoms with van der Waals surface area (Å²) in [6, 6.07) is -0.572. The molecule has 1 saturated carbocycles. The fourth-order valence-electron chi connectivity index (χ4n) is 2.70. The predicted octanol–water partition coefficient (Wildman–Crippen LogP) is 1.53. The van der Waals surface area contributed by atoms with E-state index in [0.717, 1.165) is 12.8 Å². The third kappa shape index (κ3) is 4.86. The van der Waals surface area contributed by atoms with Crippen molar-refractivity contribution < 1.29 is 14.7 Å². The van der Waals surface area contributed by atoms with E-state index in [4.69, 9.17) is 0 Å². The van der Waals surface area contributed by atoms with Crippen molar-refractivity contribution >= 4 is 11.9 Å². The van der Waals surface area contributed by atoms with E-state index in [1.54, 1.807) is 12.2 Å². The smallest absolute Gasteiger partial charge is 0.330 e. The van der Waals surface area contributed by atoms with Crippen LogP contribution in [0.2, 0.25) is 0 Å². The van der Waals surface area contributed by atoms with Crippen LogP contribution in [0.1, 0.15) is 32.1 Å². The summed E-state index contributed by atoms with van der Waals surface area (Å²) in [6.07, 6.45) is 14.2. The fourth-order valence-corrected chi connectivity index (χ4v) is 2.70. The maximum absolute atomic E-state index is 11.9. The standard InChI is InChI=1S/C16H22N2O3/c19-14(11-17-13-9-5-6-10-13)18-15(16(20)21)12-7-3-1-2-4-8-12/h1-4,7,13,15,17H,5-6,8-11H2,(H,18,19)(H,20,21). The van der Waals surface area contributed by atoms with Crippen molar-refractivity contribution in [2.75, 3.05) is 6.54 Å². The first-order valence-electron chi connectivity index (χ1n) is 7.44. The SMILES string of the molecule is O=C(CNC1CCCC1)NC(C(=O)O)C1=CC=CC=CC1. The molecule has 21 heavy (non-hydrogen) atoms. The number of amides is 1. The molecule has 0 aromatic heterocycles. The van der Waals surface area contributed by atoms with Crippen LogP contribution in [0.25, 0.3) is 0 Å². The Labute approximate surface area is 124 Å². The van der Waals surface area contributed by atoms with Crippen molar-refractivity contribution in [1.82, 2.24) is 10.6 Å². The number of aliphatic carboxylic acids is 1. The normalized spacial score (nSPS) is 19.9. The number of carbonyl (C=O) groups is 2. The molecule has 1 atom stereocenters. The molecular weight excluding hydrogens is 268 g/mol. The van der Waals surface area contributed by atoms with Gasteiger partial charge in [0.25, 0.3) is 0 Å². The molecule has 0 aromatic carbocycles. The van der Waals surface area contributed by atoms with E-state index < -0.39 is 12.0 Å². The molecule has 1 fully saturated rings. The molecule has 5 heteroatoms. The summed E-state index contributed by atoms with van der Waals surface area (Å²) in [5.74, 6) is -1.30. The van der Waals surface area contributed by atoms with Gasteiger partial charge < -0.3 is 15.7 Å². The highest BCUT2D eigenvalue weighted by Gasteiger charge is 2.24. The highest BCUT2D eigenvalue weighted by Crippen LogP contribution is 2.17. The van der Waals surface area contributed by atoms with Crippen LogP contribution in [0.15, 0.2) is 36.0 Å². The molecule has 2 aliphatic carbocycles. The highest BCUT2D eigenvalue weighted by atomic mass is 16.4. The minimum atomic E-state index is -1.03. The summed E-state index contributed by atoms with van der Waals surface area (Å²) in [5, 5.41) is 15.1. The van der Waals surface area contributed by atoms with Crippen LogP contribution in [0.5, 0.6) is 0 Å². The van der Waals surface area contributed by atoms with Gasteiger partial charge in [-0.15, -0.1) is 0 Å². The molecule has 0 saturated heterocycles. The Morgan fingerprint density at radius 2 is 2.00 bits per heavy atom. The van der Waals surface area contributed by atoms with Crippen molar-refractivity contribution in [2.45, 2.75) is 44.2 Å². The van der Waals surface area contributed by atoms with Crippen LogP contribution >= 0.6 is 0 Å². The predicted molar refractivity (Wildman–Crippen MR) is 80.8 cm³/mol. The third-order valence-electron chi connectivity index (χ3n) is 3.85. The van der Waals surface area contributed by atoms with E-state index in [2.05, 4.69) is 10.6 Å². The molecule has 2 aliphatic rings. The Bertz CT molecular complexity index is 474. The van der Waals surface area contributed by atoms with Gasteiger partial charge in [-0.25, -0.2) is 4.79 Å². The number of hydrogen-bond acceptors (Lipinski definition) is 3. The lowest BCUT2D eigenvalue weighted by Crippen LogP contribution is -2.46. The maximum Gasteiger partial charge on any atom is 0.330 e. The van der Waals surface area contributed by atoms with Crippen molar-refractivity contribution in [3.8, 4) is 0 Å². The summed E-state index contributed by atoms with van der Waals surface area (Å²) in [6.45, 7) is 0.174. The van der Waals surface area contributed by atoms with Crippen molar-refractivity contribution in [1.29, 1.82) is 0 Å². The molecule has 0 bridgehead atoms. The number of carboxylic acid groups (broad SMARTS) is 1. The van der Waals surface area contributed by atoms with E-state index in [9.17, 15) is 14.7 Å². The van der Waals surface area contributed by atoms with Gasteiger partial charge in [-0.3, -0.25) is 4.79 Å². The van der Waals surface area contributed by atoms with E-state index in [-0.39, 0.29) is 12.5 Å². The first kappa shape index (κ1) is 15.5. The highest BCUT2D eigenvalue weighted by molar-refractivity contribution is 5.87. The Kier molecular flexibility index (Phi) is 5.75. The molecule has 114 valence electrons. The molecule has 3 N–H and O–H groups in total. The van der Waals surface area contributed by atoms with Gasteiger partial charge in [0.1, 0.15) is 6.04 Å². The number of carboxylic acids is 1. The third-order valence-corrected chi connectivity index (χ3v) is 3.85. The van der Waals surface area contributed by atoms with E-state index in [1.807, 2.05) is 18.2 Å². The van der Waals surface area contributed by atoms with Crippen LogP contribution in [-0.4, -0.2) is 35.6 Å². The van der Waals surface area contributed by atoms with Crippen molar-refractivity contribution in [3.63, 3.8) is 0 Å². The zero-order valence-electron chi connectivity index (χ0n) is 12.0. The molecule has 0 heterocycles. The van der Waals surface area contributed by atoms with E-state index >= 15 is 0 Å². The van der Waals surface area contributed by atoms with Gasteiger partial charge in [0.2, 0.25) is 5.91 Å². The van der Waals surface area contributed by atoms with Gasteiger partial charge in [-0.2, -0.15) is 0 Å². The summed E-state index contributed by atoms with van der Waals surface area (Å²) >= 11 is 0.